The molecule has 37 heavy (non-hydrogen) atoms. The summed E-state index contributed by atoms with van der Waals surface area (Å²) in [4.78, 5) is 32.2. The van der Waals surface area contributed by atoms with Gasteiger partial charge in [0.05, 0.1) is 17.6 Å². The van der Waals surface area contributed by atoms with Crippen molar-refractivity contribution in [2.24, 2.45) is 0 Å². The van der Waals surface area contributed by atoms with Crippen molar-refractivity contribution in [2.75, 3.05) is 18.5 Å². The smallest absolute Gasteiger partial charge is 0.260 e. The monoisotopic (exact) mass is 516 g/mol. The Kier molecular flexibility index (Phi) is 6.61. The molecule has 0 amide bonds. The van der Waals surface area contributed by atoms with Crippen molar-refractivity contribution in [3.8, 4) is 22.4 Å². The lowest BCUT2D eigenvalue weighted by molar-refractivity contribution is 0.0903. The fourth-order valence-electron chi connectivity index (χ4n) is 5.40. The lowest BCUT2D eigenvalue weighted by Crippen LogP contribution is -2.29. The van der Waals surface area contributed by atoms with Crippen LogP contribution in [0.4, 0.5) is 5.95 Å². The molecule has 1 aliphatic carbocycles. The summed E-state index contributed by atoms with van der Waals surface area (Å²) in [5.41, 5.74) is 4.28. The highest BCUT2D eigenvalue weighted by atomic mass is 35.5. The summed E-state index contributed by atoms with van der Waals surface area (Å²) in [6, 6.07) is 7.93. The molecule has 1 saturated carbocycles. The summed E-state index contributed by atoms with van der Waals surface area (Å²) in [5, 5.41) is 4.76. The second-order valence-electron chi connectivity index (χ2n) is 9.92. The van der Waals surface area contributed by atoms with Gasteiger partial charge < -0.3 is 10.1 Å². The van der Waals surface area contributed by atoms with E-state index in [1.54, 1.807) is 12.4 Å². The summed E-state index contributed by atoms with van der Waals surface area (Å²) in [6.45, 7) is 3.37. The van der Waals surface area contributed by atoms with E-state index in [4.69, 9.17) is 21.3 Å². The summed E-state index contributed by atoms with van der Waals surface area (Å²) in [7, 11) is 0. The summed E-state index contributed by atoms with van der Waals surface area (Å²) < 4.78 is 7.35. The fourth-order valence-corrected chi connectivity index (χ4v) is 5.69. The van der Waals surface area contributed by atoms with E-state index < -0.39 is 0 Å². The van der Waals surface area contributed by atoms with Gasteiger partial charge in [-0.25, -0.2) is 9.97 Å². The van der Waals surface area contributed by atoms with Crippen molar-refractivity contribution < 1.29 is 4.74 Å². The van der Waals surface area contributed by atoms with Crippen LogP contribution in [0.25, 0.3) is 33.4 Å². The first kappa shape index (κ1) is 24.0. The molecular weight excluding hydrogens is 488 g/mol. The Morgan fingerprint density at radius 2 is 1.81 bits per heavy atom. The summed E-state index contributed by atoms with van der Waals surface area (Å²) >= 11 is 6.77. The molecule has 2 aliphatic rings. The van der Waals surface area contributed by atoms with Crippen LogP contribution in [0.2, 0.25) is 5.02 Å². The van der Waals surface area contributed by atoms with Crippen LogP contribution in [0.3, 0.4) is 0 Å². The van der Waals surface area contributed by atoms with E-state index in [1.165, 1.54) is 0 Å². The van der Waals surface area contributed by atoms with Gasteiger partial charge in [-0.1, -0.05) is 36.6 Å². The van der Waals surface area contributed by atoms with E-state index in [2.05, 4.69) is 20.3 Å². The van der Waals surface area contributed by atoms with Crippen LogP contribution in [-0.4, -0.2) is 43.8 Å². The number of anilines is 1. The molecule has 1 aromatic carbocycles. The molecule has 4 aromatic rings. The number of halogens is 1. The molecule has 1 saturated heterocycles. The van der Waals surface area contributed by atoms with Gasteiger partial charge in [-0.15, -0.1) is 0 Å². The highest BCUT2D eigenvalue weighted by Crippen LogP contribution is 2.35. The van der Waals surface area contributed by atoms with E-state index in [1.807, 2.05) is 42.0 Å². The number of rotatable bonds is 5. The zero-order valence-corrected chi connectivity index (χ0v) is 21.5. The number of ether oxygens (including phenoxy) is 1. The Balaban J connectivity index is 1.44. The van der Waals surface area contributed by atoms with Crippen LogP contribution in [0.15, 0.2) is 47.7 Å². The molecular formula is C28H29ClN6O2. The second kappa shape index (κ2) is 10.2. The van der Waals surface area contributed by atoms with Gasteiger partial charge in [0, 0.05) is 64.8 Å². The van der Waals surface area contributed by atoms with Crippen molar-refractivity contribution in [1.82, 2.24) is 24.5 Å². The molecule has 8 nitrogen and oxygen atoms in total. The third-order valence-electron chi connectivity index (χ3n) is 7.33. The molecule has 2 fully saturated rings. The maximum Gasteiger partial charge on any atom is 0.260 e. The number of fused-ring (bicyclic) bond motifs is 1. The first-order chi connectivity index (χ1) is 18.1. The zero-order chi connectivity index (χ0) is 25.4. The predicted molar refractivity (Wildman–Crippen MR) is 145 cm³/mol. The van der Waals surface area contributed by atoms with Gasteiger partial charge in [-0.2, -0.15) is 4.98 Å². The molecule has 0 spiro atoms. The predicted octanol–water partition coefficient (Wildman–Crippen LogP) is 5.58. The molecule has 0 atom stereocenters. The number of nitrogens with zero attached hydrogens (tertiary/aromatic N) is 5. The van der Waals surface area contributed by atoms with E-state index in [0.717, 1.165) is 74.1 Å². The normalized spacial score (nSPS) is 16.9. The molecule has 1 N–H and O–H groups in total. The van der Waals surface area contributed by atoms with Gasteiger partial charge in [0.1, 0.15) is 5.65 Å². The van der Waals surface area contributed by atoms with Gasteiger partial charge in [0.15, 0.2) is 0 Å². The Bertz CT molecular complexity index is 1510. The molecule has 0 bridgehead atoms. The van der Waals surface area contributed by atoms with E-state index in [9.17, 15) is 4.79 Å². The van der Waals surface area contributed by atoms with E-state index in [-0.39, 0.29) is 17.6 Å². The maximum absolute atomic E-state index is 14.0. The summed E-state index contributed by atoms with van der Waals surface area (Å²) in [6.07, 6.45) is 11.2. The average Bonchev–Trinajstić information content (AvgIpc) is 3.44. The van der Waals surface area contributed by atoms with E-state index >= 15 is 0 Å². The molecule has 3 aromatic heterocycles. The summed E-state index contributed by atoms with van der Waals surface area (Å²) in [5.74, 6) is 0.556. The Hall–Kier alpha value is -3.36. The largest absolute Gasteiger partial charge is 0.381 e. The highest BCUT2D eigenvalue weighted by Gasteiger charge is 2.24. The minimum atomic E-state index is -0.0693. The Labute approximate surface area is 220 Å². The molecule has 0 radical (unpaired) electrons. The first-order valence-corrected chi connectivity index (χ1v) is 13.3. The first-order valence-electron chi connectivity index (χ1n) is 12.9. The Morgan fingerprint density at radius 3 is 2.57 bits per heavy atom. The lowest BCUT2D eigenvalue weighted by Gasteiger charge is -2.23. The van der Waals surface area contributed by atoms with Gasteiger partial charge >= 0.3 is 0 Å². The topological polar surface area (TPSA) is 94.8 Å². The molecule has 190 valence electrons. The van der Waals surface area contributed by atoms with Gasteiger partial charge in [-0.05, 0) is 44.7 Å². The minimum Gasteiger partial charge on any atom is -0.381 e. The number of aryl methyl sites for hydroxylation is 1. The van der Waals surface area contributed by atoms with Crippen LogP contribution in [-0.2, 0) is 4.74 Å². The van der Waals surface area contributed by atoms with Crippen molar-refractivity contribution in [3.63, 3.8) is 0 Å². The third kappa shape index (κ3) is 4.83. The average molecular weight is 517 g/mol. The number of hydrogen-bond donors (Lipinski definition) is 1. The minimum absolute atomic E-state index is 0.0693. The molecule has 6 rings (SSSR count). The second-order valence-corrected chi connectivity index (χ2v) is 10.3. The molecule has 4 heterocycles. The number of aromatic nitrogens is 5. The van der Waals surface area contributed by atoms with Crippen LogP contribution in [0.5, 0.6) is 0 Å². The number of nitrogens with one attached hydrogen (secondary N) is 1. The maximum atomic E-state index is 14.0. The Morgan fingerprint density at radius 1 is 1.00 bits per heavy atom. The molecule has 9 heteroatoms. The van der Waals surface area contributed by atoms with Crippen molar-refractivity contribution in [1.29, 1.82) is 0 Å². The van der Waals surface area contributed by atoms with Crippen molar-refractivity contribution in [2.45, 2.75) is 57.5 Å². The van der Waals surface area contributed by atoms with Gasteiger partial charge in [0.25, 0.3) is 5.56 Å². The zero-order valence-electron chi connectivity index (χ0n) is 20.8. The molecule has 1 aliphatic heterocycles. The number of pyridine rings is 1. The number of hydrogen-bond acceptors (Lipinski definition) is 7. The quantitative estimate of drug-likeness (QED) is 0.369. The van der Waals surface area contributed by atoms with Gasteiger partial charge in [-0.3, -0.25) is 14.3 Å². The van der Waals surface area contributed by atoms with Crippen molar-refractivity contribution >= 4 is 28.6 Å². The van der Waals surface area contributed by atoms with Crippen LogP contribution in [0.1, 0.15) is 50.3 Å². The van der Waals surface area contributed by atoms with Crippen LogP contribution >= 0.6 is 11.6 Å². The van der Waals surface area contributed by atoms with Gasteiger partial charge in [0.2, 0.25) is 5.95 Å². The number of benzene rings is 1. The molecule has 0 unspecified atom stereocenters. The van der Waals surface area contributed by atoms with Crippen LogP contribution < -0.4 is 10.9 Å². The van der Waals surface area contributed by atoms with Crippen LogP contribution in [0, 0.1) is 6.92 Å². The van der Waals surface area contributed by atoms with E-state index in [0.29, 0.717) is 27.7 Å². The standard InChI is InChI=1S/C28H29ClN6O2/c1-17-14-30-16-25(32-17)18-6-7-22(24(29)13-18)23-12-19-15-31-28(33-20-8-10-37-11-9-20)34-26(19)35(27(23)36)21-4-2-3-5-21/h6-7,12-16,20-21H,2-5,8-11H2,1H3,(H,31,33,34). The van der Waals surface area contributed by atoms with Crippen molar-refractivity contribution in [3.05, 3.63) is 63.9 Å². The fraction of sp³-hybridized carbons (Fsp3) is 0.393. The highest BCUT2D eigenvalue weighted by molar-refractivity contribution is 6.33. The third-order valence-corrected chi connectivity index (χ3v) is 7.64. The SMILES string of the molecule is Cc1cncc(-c2ccc(-c3cc4cnc(NC5CCOCC5)nc4n(C4CCCC4)c3=O)c(Cl)c2)n1. The lowest BCUT2D eigenvalue weighted by atomic mass is 10.0.